The summed E-state index contributed by atoms with van der Waals surface area (Å²) < 4.78 is 0.962. The van der Waals surface area contributed by atoms with E-state index in [1.165, 1.54) is 0 Å². The minimum absolute atomic E-state index is 0.00324. The zero-order valence-corrected chi connectivity index (χ0v) is 11.8. The molecule has 0 bridgehead atoms. The van der Waals surface area contributed by atoms with Crippen molar-refractivity contribution >= 4 is 27.7 Å². The van der Waals surface area contributed by atoms with Gasteiger partial charge in [-0.25, -0.2) is 0 Å². The lowest BCUT2D eigenvalue weighted by molar-refractivity contribution is -0.120. The van der Waals surface area contributed by atoms with Gasteiger partial charge in [-0.05, 0) is 30.7 Å². The van der Waals surface area contributed by atoms with Crippen molar-refractivity contribution < 1.29 is 9.59 Å². The average Bonchev–Trinajstić information content (AvgIpc) is 2.53. The average molecular weight is 311 g/mol. The van der Waals surface area contributed by atoms with Crippen LogP contribution in [0, 0.1) is 6.92 Å². The van der Waals surface area contributed by atoms with Crippen molar-refractivity contribution in [3.63, 3.8) is 0 Å². The highest BCUT2D eigenvalue weighted by molar-refractivity contribution is 9.10. The number of rotatable bonds is 1. The van der Waals surface area contributed by atoms with E-state index in [-0.39, 0.29) is 11.8 Å². The lowest BCUT2D eigenvalue weighted by Gasteiger charge is -2.20. The maximum atomic E-state index is 12.4. The summed E-state index contributed by atoms with van der Waals surface area (Å²) in [6, 6.07) is 5.61. The second kappa shape index (κ2) is 5.52. The third-order valence-electron chi connectivity index (χ3n) is 3.02. The lowest BCUT2D eigenvalue weighted by atomic mass is 10.1. The molecule has 2 amide bonds. The molecule has 1 aromatic carbocycles. The SMILES string of the molecule is Cc1cc(Br)ccc1C(=O)N1CCNC(=O)CC1. The third kappa shape index (κ3) is 2.90. The molecule has 1 aliphatic heterocycles. The quantitative estimate of drug-likeness (QED) is 0.858. The highest BCUT2D eigenvalue weighted by atomic mass is 79.9. The monoisotopic (exact) mass is 310 g/mol. The number of carbonyl (C=O) groups excluding carboxylic acids is 2. The van der Waals surface area contributed by atoms with Crippen molar-refractivity contribution in [2.45, 2.75) is 13.3 Å². The molecule has 1 N–H and O–H groups in total. The topological polar surface area (TPSA) is 49.4 Å². The fourth-order valence-corrected chi connectivity index (χ4v) is 2.48. The van der Waals surface area contributed by atoms with E-state index in [0.29, 0.717) is 31.6 Å². The molecular formula is C13H15BrN2O2. The Labute approximate surface area is 114 Å². The molecule has 1 aromatic rings. The largest absolute Gasteiger partial charge is 0.354 e. The van der Waals surface area contributed by atoms with Crippen molar-refractivity contribution in [1.29, 1.82) is 0 Å². The summed E-state index contributed by atoms with van der Waals surface area (Å²) in [5.41, 5.74) is 1.64. The first-order valence-corrected chi connectivity index (χ1v) is 6.69. The molecule has 0 atom stereocenters. The normalized spacial score (nSPS) is 16.1. The van der Waals surface area contributed by atoms with Gasteiger partial charge in [0.1, 0.15) is 0 Å². The molecule has 4 nitrogen and oxygen atoms in total. The van der Waals surface area contributed by atoms with E-state index < -0.39 is 0 Å². The molecule has 96 valence electrons. The first kappa shape index (κ1) is 13.1. The van der Waals surface area contributed by atoms with Crippen LogP contribution in [-0.2, 0) is 4.79 Å². The molecule has 18 heavy (non-hydrogen) atoms. The Morgan fingerprint density at radius 3 is 2.89 bits per heavy atom. The van der Waals surface area contributed by atoms with E-state index >= 15 is 0 Å². The second-order valence-corrected chi connectivity index (χ2v) is 5.27. The Balaban J connectivity index is 2.17. The van der Waals surface area contributed by atoms with Gasteiger partial charge in [-0.2, -0.15) is 0 Å². The number of benzene rings is 1. The van der Waals surface area contributed by atoms with Crippen LogP contribution in [0.4, 0.5) is 0 Å². The van der Waals surface area contributed by atoms with E-state index in [1.807, 2.05) is 25.1 Å². The van der Waals surface area contributed by atoms with Gasteiger partial charge in [0.05, 0.1) is 0 Å². The third-order valence-corrected chi connectivity index (χ3v) is 3.51. The van der Waals surface area contributed by atoms with Crippen LogP contribution >= 0.6 is 15.9 Å². The van der Waals surface area contributed by atoms with E-state index in [0.717, 1.165) is 10.0 Å². The van der Waals surface area contributed by atoms with E-state index in [4.69, 9.17) is 0 Å². The van der Waals surface area contributed by atoms with Crippen molar-refractivity contribution in [3.05, 3.63) is 33.8 Å². The minimum Gasteiger partial charge on any atom is -0.354 e. The zero-order valence-electron chi connectivity index (χ0n) is 10.2. The van der Waals surface area contributed by atoms with Crippen LogP contribution in [0.15, 0.2) is 22.7 Å². The zero-order chi connectivity index (χ0) is 13.1. The Kier molecular flexibility index (Phi) is 4.01. The van der Waals surface area contributed by atoms with Gasteiger partial charge in [0.15, 0.2) is 0 Å². The van der Waals surface area contributed by atoms with Crippen molar-refractivity contribution in [1.82, 2.24) is 10.2 Å². The van der Waals surface area contributed by atoms with Gasteiger partial charge in [0.25, 0.3) is 5.91 Å². The molecule has 0 aromatic heterocycles. The molecule has 2 rings (SSSR count). The highest BCUT2D eigenvalue weighted by Crippen LogP contribution is 2.17. The minimum atomic E-state index is -0.00324. The smallest absolute Gasteiger partial charge is 0.254 e. The molecule has 5 heteroatoms. The maximum absolute atomic E-state index is 12.4. The van der Waals surface area contributed by atoms with Gasteiger partial charge in [0, 0.05) is 36.1 Å². The number of nitrogens with zero attached hydrogens (tertiary/aromatic N) is 1. The number of aryl methyl sites for hydroxylation is 1. The first-order valence-electron chi connectivity index (χ1n) is 5.90. The van der Waals surface area contributed by atoms with Crippen LogP contribution in [0.3, 0.4) is 0 Å². The number of nitrogens with one attached hydrogen (secondary N) is 1. The summed E-state index contributed by atoms with van der Waals surface area (Å²) >= 11 is 3.38. The predicted molar refractivity (Wildman–Crippen MR) is 72.4 cm³/mol. The molecule has 0 spiro atoms. The number of hydrogen-bond acceptors (Lipinski definition) is 2. The van der Waals surface area contributed by atoms with Crippen LogP contribution in [-0.4, -0.2) is 36.3 Å². The van der Waals surface area contributed by atoms with Gasteiger partial charge < -0.3 is 10.2 Å². The van der Waals surface area contributed by atoms with E-state index in [2.05, 4.69) is 21.2 Å². The van der Waals surface area contributed by atoms with Gasteiger partial charge in [-0.15, -0.1) is 0 Å². The standard InChI is InChI=1S/C13H15BrN2O2/c1-9-8-10(14)2-3-11(9)13(18)16-6-4-12(17)15-5-7-16/h2-3,8H,4-7H2,1H3,(H,15,17). The molecule has 0 saturated carbocycles. The molecule has 0 aliphatic carbocycles. The van der Waals surface area contributed by atoms with Crippen molar-refractivity contribution in [2.75, 3.05) is 19.6 Å². The number of halogens is 1. The molecule has 1 fully saturated rings. The fraction of sp³-hybridized carbons (Fsp3) is 0.385. The summed E-state index contributed by atoms with van der Waals surface area (Å²) in [7, 11) is 0. The van der Waals surface area contributed by atoms with Gasteiger partial charge in [-0.1, -0.05) is 15.9 Å². The summed E-state index contributed by atoms with van der Waals surface area (Å²) in [5, 5.41) is 2.76. The number of amides is 2. The summed E-state index contributed by atoms with van der Waals surface area (Å²) in [6.07, 6.45) is 0.376. The summed E-state index contributed by atoms with van der Waals surface area (Å²) in [5.74, 6) is 0.00864. The Hall–Kier alpha value is -1.36. The molecular weight excluding hydrogens is 296 g/mol. The molecule has 0 unspecified atom stereocenters. The van der Waals surface area contributed by atoms with Crippen LogP contribution in [0.2, 0.25) is 0 Å². The van der Waals surface area contributed by atoms with Gasteiger partial charge in [0.2, 0.25) is 5.91 Å². The number of hydrogen-bond donors (Lipinski definition) is 1. The van der Waals surface area contributed by atoms with Crippen molar-refractivity contribution in [3.8, 4) is 0 Å². The van der Waals surface area contributed by atoms with Crippen LogP contribution in [0.25, 0.3) is 0 Å². The second-order valence-electron chi connectivity index (χ2n) is 4.35. The molecule has 1 heterocycles. The predicted octanol–water partition coefficient (Wildman–Crippen LogP) is 1.72. The molecule has 0 radical (unpaired) electrons. The van der Waals surface area contributed by atoms with Crippen LogP contribution in [0.5, 0.6) is 0 Å². The Morgan fingerprint density at radius 2 is 2.17 bits per heavy atom. The van der Waals surface area contributed by atoms with Crippen LogP contribution in [0.1, 0.15) is 22.3 Å². The molecule has 1 aliphatic rings. The molecule has 1 saturated heterocycles. The lowest BCUT2D eigenvalue weighted by Crippen LogP contribution is -2.34. The van der Waals surface area contributed by atoms with Crippen LogP contribution < -0.4 is 5.32 Å². The van der Waals surface area contributed by atoms with Gasteiger partial charge in [-0.3, -0.25) is 9.59 Å². The Bertz CT molecular complexity index is 488. The van der Waals surface area contributed by atoms with E-state index in [1.54, 1.807) is 4.90 Å². The summed E-state index contributed by atoms with van der Waals surface area (Å²) in [6.45, 7) is 3.50. The van der Waals surface area contributed by atoms with Gasteiger partial charge >= 0.3 is 0 Å². The highest BCUT2D eigenvalue weighted by Gasteiger charge is 2.20. The van der Waals surface area contributed by atoms with Crippen molar-refractivity contribution in [2.24, 2.45) is 0 Å². The summed E-state index contributed by atoms with van der Waals surface area (Å²) in [4.78, 5) is 25.3. The maximum Gasteiger partial charge on any atom is 0.254 e. The number of carbonyl (C=O) groups is 2. The Morgan fingerprint density at radius 1 is 1.39 bits per heavy atom. The fourth-order valence-electron chi connectivity index (χ4n) is 2.01. The first-order chi connectivity index (χ1) is 8.58. The van der Waals surface area contributed by atoms with E-state index in [9.17, 15) is 9.59 Å².